The Bertz CT molecular complexity index is 759. The van der Waals surface area contributed by atoms with E-state index in [0.29, 0.717) is 12.1 Å². The van der Waals surface area contributed by atoms with Gasteiger partial charge >= 0.3 is 6.18 Å². The lowest BCUT2D eigenvalue weighted by molar-refractivity contribution is -0.137. The van der Waals surface area contributed by atoms with Crippen molar-refractivity contribution in [2.75, 3.05) is 19.8 Å². The van der Waals surface area contributed by atoms with Gasteiger partial charge in [-0.05, 0) is 35.7 Å². The van der Waals surface area contributed by atoms with Gasteiger partial charge in [-0.1, -0.05) is 6.07 Å². The molecule has 0 aliphatic heterocycles. The van der Waals surface area contributed by atoms with Crippen LogP contribution in [-0.2, 0) is 20.9 Å². The largest absolute Gasteiger partial charge is 0.416 e. The quantitative estimate of drug-likeness (QED) is 0.721. The van der Waals surface area contributed by atoms with Crippen molar-refractivity contribution in [2.24, 2.45) is 0 Å². The molecule has 1 aromatic carbocycles. The highest BCUT2D eigenvalue weighted by Gasteiger charge is 2.30. The first-order valence-electron chi connectivity index (χ1n) is 7.17. The maximum absolute atomic E-state index is 12.5. The fraction of sp³-hybridized carbons (Fsp3) is 0.333. The number of aliphatic hydroxyl groups is 1. The van der Waals surface area contributed by atoms with E-state index in [2.05, 4.69) is 4.72 Å². The van der Waals surface area contributed by atoms with Crippen LogP contribution in [0, 0.1) is 0 Å². The van der Waals surface area contributed by atoms with E-state index < -0.39 is 27.9 Å². The summed E-state index contributed by atoms with van der Waals surface area (Å²) in [6.07, 6.45) is -5.13. The summed E-state index contributed by atoms with van der Waals surface area (Å²) in [7, 11) is -3.99. The van der Waals surface area contributed by atoms with Crippen molar-refractivity contribution in [3.63, 3.8) is 0 Å². The minimum Gasteiger partial charge on any atom is -0.394 e. The second kappa shape index (κ2) is 8.28. The van der Waals surface area contributed by atoms with Crippen LogP contribution in [0.3, 0.4) is 0 Å². The number of ether oxygens (including phenoxy) is 1. The van der Waals surface area contributed by atoms with Gasteiger partial charge in [-0.25, -0.2) is 13.1 Å². The molecule has 0 radical (unpaired) electrons. The Labute approximate surface area is 147 Å². The number of benzene rings is 1. The van der Waals surface area contributed by atoms with E-state index >= 15 is 0 Å². The van der Waals surface area contributed by atoms with Crippen LogP contribution in [0.1, 0.15) is 16.5 Å². The Morgan fingerprint density at radius 2 is 1.88 bits per heavy atom. The molecule has 0 spiro atoms. The Morgan fingerprint density at radius 1 is 1.20 bits per heavy atom. The number of thiophene rings is 1. The molecule has 25 heavy (non-hydrogen) atoms. The van der Waals surface area contributed by atoms with Crippen LogP contribution in [0.5, 0.6) is 0 Å². The molecule has 1 heterocycles. The standard InChI is InChI=1S/C15H16F3NO4S2/c16-15(17,18)11-3-5-12(6-4-11)25(21,22)19-10-13(23-8-7-20)14-2-1-9-24-14/h1-6,9,13,19-20H,7-8,10H2/t13-/m0/s1. The number of halogens is 3. The highest BCUT2D eigenvalue weighted by atomic mass is 32.2. The maximum atomic E-state index is 12.5. The van der Waals surface area contributed by atoms with Crippen LogP contribution in [0.15, 0.2) is 46.7 Å². The van der Waals surface area contributed by atoms with Gasteiger partial charge in [0.25, 0.3) is 0 Å². The van der Waals surface area contributed by atoms with E-state index in [4.69, 9.17) is 9.84 Å². The van der Waals surface area contributed by atoms with Crippen LogP contribution < -0.4 is 4.72 Å². The van der Waals surface area contributed by atoms with Crippen molar-refractivity contribution in [3.05, 3.63) is 52.2 Å². The third kappa shape index (κ3) is 5.51. The predicted octanol–water partition coefficient (Wildman–Crippen LogP) is 2.80. The molecular formula is C15H16F3NO4S2. The molecule has 1 aromatic heterocycles. The van der Waals surface area contributed by atoms with E-state index in [1.807, 2.05) is 0 Å². The SMILES string of the molecule is O=S(=O)(NC[C@H](OCCO)c1cccs1)c1ccc(C(F)(F)F)cc1. The number of rotatable bonds is 8. The lowest BCUT2D eigenvalue weighted by Crippen LogP contribution is -2.29. The lowest BCUT2D eigenvalue weighted by Gasteiger charge is -2.17. The summed E-state index contributed by atoms with van der Waals surface area (Å²) in [5, 5.41) is 10.7. The van der Waals surface area contributed by atoms with E-state index in [-0.39, 0.29) is 24.7 Å². The maximum Gasteiger partial charge on any atom is 0.416 e. The topological polar surface area (TPSA) is 75.6 Å². The average Bonchev–Trinajstić information content (AvgIpc) is 3.08. The van der Waals surface area contributed by atoms with Gasteiger partial charge in [-0.15, -0.1) is 11.3 Å². The summed E-state index contributed by atoms with van der Waals surface area (Å²) >= 11 is 1.37. The van der Waals surface area contributed by atoms with Crippen LogP contribution in [0.2, 0.25) is 0 Å². The molecule has 0 saturated carbocycles. The van der Waals surface area contributed by atoms with Gasteiger partial charge in [0.1, 0.15) is 6.10 Å². The molecule has 2 N–H and O–H groups in total. The Balaban J connectivity index is 2.09. The number of alkyl halides is 3. The Hall–Kier alpha value is -1.46. The van der Waals surface area contributed by atoms with E-state index in [9.17, 15) is 21.6 Å². The fourth-order valence-electron chi connectivity index (χ4n) is 2.00. The zero-order valence-corrected chi connectivity index (χ0v) is 14.5. The fourth-order valence-corrected chi connectivity index (χ4v) is 3.81. The zero-order chi connectivity index (χ0) is 18.5. The van der Waals surface area contributed by atoms with E-state index in [1.54, 1.807) is 17.5 Å². The smallest absolute Gasteiger partial charge is 0.394 e. The van der Waals surface area contributed by atoms with Crippen molar-refractivity contribution in [1.29, 1.82) is 0 Å². The minimum atomic E-state index is -4.53. The van der Waals surface area contributed by atoms with Crippen LogP contribution >= 0.6 is 11.3 Å². The Kier molecular flexibility index (Phi) is 6.58. The molecule has 0 unspecified atom stereocenters. The van der Waals surface area contributed by atoms with Crippen LogP contribution in [-0.4, -0.2) is 33.3 Å². The van der Waals surface area contributed by atoms with Gasteiger partial charge in [-0.3, -0.25) is 0 Å². The first-order chi connectivity index (χ1) is 11.7. The second-order valence-electron chi connectivity index (χ2n) is 4.97. The van der Waals surface area contributed by atoms with Crippen molar-refractivity contribution in [2.45, 2.75) is 17.2 Å². The van der Waals surface area contributed by atoms with Gasteiger partial charge in [0.15, 0.2) is 0 Å². The molecule has 0 saturated heterocycles. The van der Waals surface area contributed by atoms with Crippen molar-refractivity contribution >= 4 is 21.4 Å². The molecule has 2 aromatic rings. The molecular weight excluding hydrogens is 379 g/mol. The predicted molar refractivity (Wildman–Crippen MR) is 86.7 cm³/mol. The Morgan fingerprint density at radius 3 is 2.40 bits per heavy atom. The molecule has 5 nitrogen and oxygen atoms in total. The van der Waals surface area contributed by atoms with Crippen molar-refractivity contribution < 1.29 is 31.4 Å². The number of hydrogen-bond donors (Lipinski definition) is 2. The summed E-state index contributed by atoms with van der Waals surface area (Å²) in [5.41, 5.74) is -0.922. The molecule has 0 bridgehead atoms. The number of hydrogen-bond acceptors (Lipinski definition) is 5. The molecule has 10 heteroatoms. The number of nitrogens with one attached hydrogen (secondary N) is 1. The third-order valence-electron chi connectivity index (χ3n) is 3.22. The van der Waals surface area contributed by atoms with E-state index in [0.717, 1.165) is 17.0 Å². The molecule has 1 atom stereocenters. The molecule has 0 aliphatic rings. The average molecular weight is 395 g/mol. The van der Waals surface area contributed by atoms with Crippen LogP contribution in [0.4, 0.5) is 13.2 Å². The molecule has 2 rings (SSSR count). The summed E-state index contributed by atoms with van der Waals surface area (Å²) in [6.45, 7) is -0.290. The molecule has 0 fully saturated rings. The van der Waals surface area contributed by atoms with Gasteiger partial charge in [0, 0.05) is 11.4 Å². The minimum absolute atomic E-state index is 0.0323. The van der Waals surface area contributed by atoms with E-state index in [1.165, 1.54) is 11.3 Å². The summed E-state index contributed by atoms with van der Waals surface area (Å²) in [5.74, 6) is 0. The third-order valence-corrected chi connectivity index (χ3v) is 5.63. The highest BCUT2D eigenvalue weighted by Crippen LogP contribution is 2.29. The number of sulfonamides is 1. The van der Waals surface area contributed by atoms with Gasteiger partial charge in [-0.2, -0.15) is 13.2 Å². The molecule has 138 valence electrons. The first kappa shape index (κ1) is 19.9. The monoisotopic (exact) mass is 395 g/mol. The highest BCUT2D eigenvalue weighted by molar-refractivity contribution is 7.89. The summed E-state index contributed by atoms with van der Waals surface area (Å²) in [4.78, 5) is 0.496. The van der Waals surface area contributed by atoms with Gasteiger partial charge in [0.2, 0.25) is 10.0 Å². The van der Waals surface area contributed by atoms with Gasteiger partial charge in [0.05, 0.1) is 23.7 Å². The summed E-state index contributed by atoms with van der Waals surface area (Å²) in [6, 6.07) is 6.78. The van der Waals surface area contributed by atoms with Crippen LogP contribution in [0.25, 0.3) is 0 Å². The molecule has 0 aliphatic carbocycles. The number of aliphatic hydroxyl groups excluding tert-OH is 1. The normalized spacial score (nSPS) is 13.8. The first-order valence-corrected chi connectivity index (χ1v) is 9.53. The zero-order valence-electron chi connectivity index (χ0n) is 12.9. The van der Waals surface area contributed by atoms with Gasteiger partial charge < -0.3 is 9.84 Å². The summed E-state index contributed by atoms with van der Waals surface area (Å²) < 4.78 is 69.9. The lowest BCUT2D eigenvalue weighted by atomic mass is 10.2. The molecule has 0 amide bonds. The van der Waals surface area contributed by atoms with Crippen molar-refractivity contribution in [1.82, 2.24) is 4.72 Å². The second-order valence-corrected chi connectivity index (χ2v) is 7.72. The van der Waals surface area contributed by atoms with Crippen molar-refractivity contribution in [3.8, 4) is 0 Å².